The van der Waals surface area contributed by atoms with E-state index in [9.17, 15) is 0 Å². The van der Waals surface area contributed by atoms with Gasteiger partial charge in [0.15, 0.2) is 0 Å². The molecule has 0 saturated carbocycles. The lowest BCUT2D eigenvalue weighted by atomic mass is 10.1. The molecule has 78 valence electrons. The van der Waals surface area contributed by atoms with Crippen molar-refractivity contribution in [1.29, 1.82) is 0 Å². The first kappa shape index (κ1) is 11.1. The molecule has 0 atom stereocenters. The predicted octanol–water partition coefficient (Wildman–Crippen LogP) is 2.70. The Hall–Kier alpha value is -1.02. The highest BCUT2D eigenvalue weighted by molar-refractivity contribution is 5.44. The Morgan fingerprint density at radius 2 is 1.86 bits per heavy atom. The first-order valence-corrected chi connectivity index (χ1v) is 5.27. The number of hydrogen-bond acceptors (Lipinski definition) is 2. The normalized spacial score (nSPS) is 10.1. The number of nitrogens with one attached hydrogen (secondary N) is 1. The van der Waals surface area contributed by atoms with Crippen LogP contribution in [0.5, 0.6) is 0 Å². The van der Waals surface area contributed by atoms with Crippen molar-refractivity contribution >= 4 is 5.69 Å². The van der Waals surface area contributed by atoms with Crippen molar-refractivity contribution in [3.8, 4) is 0 Å². The molecule has 14 heavy (non-hydrogen) atoms. The van der Waals surface area contributed by atoms with E-state index in [0.29, 0.717) is 0 Å². The van der Waals surface area contributed by atoms with Gasteiger partial charge in [-0.05, 0) is 31.0 Å². The second kappa shape index (κ2) is 6.44. The summed E-state index contributed by atoms with van der Waals surface area (Å²) < 4.78 is 5.24. The number of anilines is 1. The van der Waals surface area contributed by atoms with Crippen LogP contribution in [0.4, 0.5) is 5.69 Å². The molecule has 1 rings (SSSR count). The molecule has 1 aromatic rings. The van der Waals surface area contributed by atoms with Gasteiger partial charge in [0.05, 0.1) is 6.61 Å². The van der Waals surface area contributed by atoms with Crippen molar-refractivity contribution < 1.29 is 4.74 Å². The fourth-order valence-corrected chi connectivity index (χ4v) is 1.27. The van der Waals surface area contributed by atoms with E-state index in [-0.39, 0.29) is 0 Å². The molecule has 0 radical (unpaired) electrons. The Balaban J connectivity index is 2.29. The summed E-state index contributed by atoms with van der Waals surface area (Å²) in [5.41, 5.74) is 2.54. The zero-order chi connectivity index (χ0) is 10.2. The fourth-order valence-electron chi connectivity index (χ4n) is 1.27. The van der Waals surface area contributed by atoms with E-state index in [0.717, 1.165) is 26.2 Å². The lowest BCUT2D eigenvalue weighted by Crippen LogP contribution is -2.08. The van der Waals surface area contributed by atoms with Crippen molar-refractivity contribution in [3.63, 3.8) is 0 Å². The second-order valence-corrected chi connectivity index (χ2v) is 3.17. The SMILES string of the molecule is CCOCCNc1ccc(CC)cc1. The molecule has 0 heterocycles. The molecule has 0 unspecified atom stereocenters. The lowest BCUT2D eigenvalue weighted by molar-refractivity contribution is 0.158. The third-order valence-electron chi connectivity index (χ3n) is 2.14. The minimum atomic E-state index is 0.770. The van der Waals surface area contributed by atoms with Crippen LogP contribution >= 0.6 is 0 Å². The van der Waals surface area contributed by atoms with E-state index in [1.54, 1.807) is 0 Å². The number of aryl methyl sites for hydroxylation is 1. The highest BCUT2D eigenvalue weighted by Gasteiger charge is 1.91. The van der Waals surface area contributed by atoms with Gasteiger partial charge in [-0.25, -0.2) is 0 Å². The van der Waals surface area contributed by atoms with E-state index >= 15 is 0 Å². The third-order valence-corrected chi connectivity index (χ3v) is 2.14. The summed E-state index contributed by atoms with van der Waals surface area (Å²) in [6.45, 7) is 6.61. The van der Waals surface area contributed by atoms with Gasteiger partial charge in [0.25, 0.3) is 0 Å². The molecule has 0 fully saturated rings. The summed E-state index contributed by atoms with van der Waals surface area (Å²) in [6.07, 6.45) is 1.10. The van der Waals surface area contributed by atoms with E-state index in [4.69, 9.17) is 4.74 Å². The molecule has 0 aliphatic rings. The fraction of sp³-hybridized carbons (Fsp3) is 0.500. The van der Waals surface area contributed by atoms with Gasteiger partial charge in [-0.15, -0.1) is 0 Å². The van der Waals surface area contributed by atoms with Crippen molar-refractivity contribution in [2.75, 3.05) is 25.1 Å². The van der Waals surface area contributed by atoms with Gasteiger partial charge < -0.3 is 10.1 Å². The van der Waals surface area contributed by atoms with E-state index in [1.165, 1.54) is 11.3 Å². The van der Waals surface area contributed by atoms with Crippen LogP contribution in [0.2, 0.25) is 0 Å². The minimum Gasteiger partial charge on any atom is -0.383 e. The topological polar surface area (TPSA) is 21.3 Å². The van der Waals surface area contributed by atoms with Gasteiger partial charge >= 0.3 is 0 Å². The molecule has 2 heteroatoms. The molecule has 0 spiro atoms. The van der Waals surface area contributed by atoms with Gasteiger partial charge in [0.2, 0.25) is 0 Å². The zero-order valence-corrected chi connectivity index (χ0v) is 9.05. The first-order chi connectivity index (χ1) is 6.86. The van der Waals surface area contributed by atoms with Crippen molar-refractivity contribution in [1.82, 2.24) is 0 Å². The van der Waals surface area contributed by atoms with Crippen LogP contribution in [-0.2, 0) is 11.2 Å². The first-order valence-electron chi connectivity index (χ1n) is 5.27. The maximum atomic E-state index is 5.24. The Kier molecular flexibility index (Phi) is 5.08. The quantitative estimate of drug-likeness (QED) is 0.701. The summed E-state index contributed by atoms with van der Waals surface area (Å²) in [7, 11) is 0. The molecule has 0 aromatic heterocycles. The van der Waals surface area contributed by atoms with Crippen LogP contribution in [-0.4, -0.2) is 19.8 Å². The summed E-state index contributed by atoms with van der Waals surface area (Å²) in [4.78, 5) is 0. The summed E-state index contributed by atoms with van der Waals surface area (Å²) in [6, 6.07) is 8.54. The average Bonchev–Trinajstić information content (AvgIpc) is 2.25. The maximum Gasteiger partial charge on any atom is 0.0638 e. The van der Waals surface area contributed by atoms with Crippen LogP contribution in [0.1, 0.15) is 19.4 Å². The van der Waals surface area contributed by atoms with Crippen molar-refractivity contribution in [2.24, 2.45) is 0 Å². The molecule has 0 aliphatic heterocycles. The lowest BCUT2D eigenvalue weighted by Gasteiger charge is -2.06. The van der Waals surface area contributed by atoms with Crippen LogP contribution in [0.25, 0.3) is 0 Å². The molecule has 0 saturated heterocycles. The maximum absolute atomic E-state index is 5.24. The van der Waals surface area contributed by atoms with Gasteiger partial charge in [-0.2, -0.15) is 0 Å². The molecular formula is C12H19NO. The smallest absolute Gasteiger partial charge is 0.0638 e. The molecule has 1 aromatic carbocycles. The van der Waals surface area contributed by atoms with Crippen molar-refractivity contribution in [3.05, 3.63) is 29.8 Å². The van der Waals surface area contributed by atoms with Crippen LogP contribution < -0.4 is 5.32 Å². The molecule has 0 aliphatic carbocycles. The largest absolute Gasteiger partial charge is 0.383 e. The van der Waals surface area contributed by atoms with Crippen LogP contribution in [0, 0.1) is 0 Å². The second-order valence-electron chi connectivity index (χ2n) is 3.17. The number of ether oxygens (including phenoxy) is 1. The Bertz CT molecular complexity index is 243. The molecule has 0 amide bonds. The highest BCUT2D eigenvalue weighted by Crippen LogP contribution is 2.09. The molecule has 0 bridgehead atoms. The Morgan fingerprint density at radius 3 is 2.43 bits per heavy atom. The predicted molar refractivity (Wildman–Crippen MR) is 60.8 cm³/mol. The van der Waals surface area contributed by atoms with Gasteiger partial charge in [0, 0.05) is 18.8 Å². The standard InChI is InChI=1S/C12H19NO/c1-3-11-5-7-12(8-6-11)13-9-10-14-4-2/h5-8,13H,3-4,9-10H2,1-2H3. The summed E-state index contributed by atoms with van der Waals surface area (Å²) in [5.74, 6) is 0. The highest BCUT2D eigenvalue weighted by atomic mass is 16.5. The summed E-state index contributed by atoms with van der Waals surface area (Å²) in [5, 5.41) is 3.31. The Morgan fingerprint density at radius 1 is 1.14 bits per heavy atom. The third kappa shape index (κ3) is 3.79. The van der Waals surface area contributed by atoms with E-state index in [1.807, 2.05) is 6.92 Å². The van der Waals surface area contributed by atoms with Gasteiger partial charge in [-0.1, -0.05) is 19.1 Å². The summed E-state index contributed by atoms with van der Waals surface area (Å²) >= 11 is 0. The van der Waals surface area contributed by atoms with Gasteiger partial charge in [-0.3, -0.25) is 0 Å². The minimum absolute atomic E-state index is 0.770. The molecular weight excluding hydrogens is 174 g/mol. The number of hydrogen-bond donors (Lipinski definition) is 1. The molecule has 1 N–H and O–H groups in total. The number of rotatable bonds is 6. The van der Waals surface area contributed by atoms with Crippen LogP contribution in [0.15, 0.2) is 24.3 Å². The molecule has 2 nitrogen and oxygen atoms in total. The number of benzene rings is 1. The average molecular weight is 193 g/mol. The Labute approximate surface area is 86.3 Å². The zero-order valence-electron chi connectivity index (χ0n) is 9.05. The van der Waals surface area contributed by atoms with E-state index in [2.05, 4.69) is 36.5 Å². The van der Waals surface area contributed by atoms with Crippen molar-refractivity contribution in [2.45, 2.75) is 20.3 Å². The van der Waals surface area contributed by atoms with E-state index < -0.39 is 0 Å². The van der Waals surface area contributed by atoms with Gasteiger partial charge in [0.1, 0.15) is 0 Å². The van der Waals surface area contributed by atoms with Crippen LogP contribution in [0.3, 0.4) is 0 Å². The monoisotopic (exact) mass is 193 g/mol.